The maximum Gasteiger partial charge on any atom is 0.230 e. The van der Waals surface area contributed by atoms with Crippen molar-refractivity contribution in [2.45, 2.75) is 37.5 Å². The largest absolute Gasteiger partial charge is 0.351 e. The molecular weight excluding hydrogens is 306 g/mol. The number of nitrogens with zero attached hydrogens (tertiary/aromatic N) is 2. The molecule has 0 aromatic carbocycles. The minimum atomic E-state index is 0.113. The van der Waals surface area contributed by atoms with E-state index in [9.17, 15) is 4.79 Å². The van der Waals surface area contributed by atoms with Crippen LogP contribution in [0.5, 0.6) is 0 Å². The first kappa shape index (κ1) is 16.0. The van der Waals surface area contributed by atoms with E-state index in [4.69, 9.17) is 0 Å². The molecule has 23 heavy (non-hydrogen) atoms. The second kappa shape index (κ2) is 8.11. The number of carbonyl (C=O) groups is 1. The predicted octanol–water partition coefficient (Wildman–Crippen LogP) is 3.44. The Morgan fingerprint density at radius 2 is 2.13 bits per heavy atom. The van der Waals surface area contributed by atoms with Gasteiger partial charge in [0.2, 0.25) is 5.91 Å². The smallest absolute Gasteiger partial charge is 0.230 e. The number of carbonyl (C=O) groups excluding carboxylic acids is 1. The van der Waals surface area contributed by atoms with E-state index in [2.05, 4.69) is 15.3 Å². The van der Waals surface area contributed by atoms with Gasteiger partial charge in [0.15, 0.2) is 0 Å². The van der Waals surface area contributed by atoms with Crippen molar-refractivity contribution in [3.05, 3.63) is 48.4 Å². The fourth-order valence-electron chi connectivity index (χ4n) is 2.76. The molecule has 5 heteroatoms. The van der Waals surface area contributed by atoms with Crippen LogP contribution in [0.2, 0.25) is 0 Å². The van der Waals surface area contributed by atoms with Crippen LogP contribution in [0.3, 0.4) is 0 Å². The van der Waals surface area contributed by atoms with Crippen LogP contribution in [0.4, 0.5) is 0 Å². The molecule has 0 atom stereocenters. The maximum absolute atomic E-state index is 12.0. The van der Waals surface area contributed by atoms with E-state index in [1.165, 1.54) is 25.7 Å². The van der Waals surface area contributed by atoms with Crippen molar-refractivity contribution in [1.82, 2.24) is 15.3 Å². The van der Waals surface area contributed by atoms with Crippen LogP contribution in [0.25, 0.3) is 11.3 Å². The number of amides is 1. The Hall–Kier alpha value is -1.88. The Balaban J connectivity index is 1.51. The number of hydrogen-bond donors (Lipinski definition) is 1. The summed E-state index contributed by atoms with van der Waals surface area (Å²) in [5.74, 6) is 0.673. The first-order valence-corrected chi connectivity index (χ1v) is 9.10. The lowest BCUT2D eigenvalue weighted by Crippen LogP contribution is -2.25. The van der Waals surface area contributed by atoms with Crippen LogP contribution in [0, 0.1) is 0 Å². The molecule has 3 rings (SSSR count). The third kappa shape index (κ3) is 4.79. The minimum absolute atomic E-state index is 0.113. The summed E-state index contributed by atoms with van der Waals surface area (Å²) in [4.78, 5) is 20.5. The standard InChI is InChI=1S/C18H21N3OS/c22-18(13-23-16-5-1-2-6-16)21-11-14-7-9-20-17(10-14)15-4-3-8-19-12-15/h3-4,7-10,12,16H,1-2,5-6,11,13H2,(H,21,22). The molecule has 4 nitrogen and oxygen atoms in total. The quantitative estimate of drug-likeness (QED) is 0.883. The first-order chi connectivity index (χ1) is 11.3. The highest BCUT2D eigenvalue weighted by Gasteiger charge is 2.16. The van der Waals surface area contributed by atoms with E-state index in [1.807, 2.05) is 24.3 Å². The van der Waals surface area contributed by atoms with Crippen molar-refractivity contribution in [1.29, 1.82) is 0 Å². The van der Waals surface area contributed by atoms with Gasteiger partial charge in [0, 0.05) is 35.9 Å². The Labute approximate surface area is 141 Å². The Kier molecular flexibility index (Phi) is 5.64. The van der Waals surface area contributed by atoms with E-state index in [0.717, 1.165) is 16.8 Å². The first-order valence-electron chi connectivity index (χ1n) is 8.05. The molecule has 120 valence electrons. The summed E-state index contributed by atoms with van der Waals surface area (Å²) in [6, 6.07) is 7.81. The number of hydrogen-bond acceptors (Lipinski definition) is 4. The summed E-state index contributed by atoms with van der Waals surface area (Å²) in [5.41, 5.74) is 2.92. The molecule has 2 aromatic rings. The third-order valence-corrected chi connectivity index (χ3v) is 5.40. The minimum Gasteiger partial charge on any atom is -0.351 e. The molecule has 1 fully saturated rings. The van der Waals surface area contributed by atoms with Gasteiger partial charge >= 0.3 is 0 Å². The third-order valence-electron chi connectivity index (χ3n) is 4.02. The molecular formula is C18H21N3OS. The molecule has 0 spiro atoms. The lowest BCUT2D eigenvalue weighted by atomic mass is 10.1. The van der Waals surface area contributed by atoms with Crippen LogP contribution in [-0.2, 0) is 11.3 Å². The van der Waals surface area contributed by atoms with Crippen molar-refractivity contribution in [2.75, 3.05) is 5.75 Å². The molecule has 1 N–H and O–H groups in total. The second-order valence-electron chi connectivity index (χ2n) is 5.79. The molecule has 0 radical (unpaired) electrons. The number of aromatic nitrogens is 2. The predicted molar refractivity (Wildman–Crippen MR) is 94.0 cm³/mol. The molecule has 1 saturated carbocycles. The van der Waals surface area contributed by atoms with Crippen LogP contribution >= 0.6 is 11.8 Å². The SMILES string of the molecule is O=C(CSC1CCCC1)NCc1ccnc(-c2cccnc2)c1. The van der Waals surface area contributed by atoms with E-state index < -0.39 is 0 Å². The summed E-state index contributed by atoms with van der Waals surface area (Å²) in [6.07, 6.45) is 10.5. The van der Waals surface area contributed by atoms with Crippen molar-refractivity contribution in [2.24, 2.45) is 0 Å². The molecule has 1 aliphatic rings. The lowest BCUT2D eigenvalue weighted by molar-refractivity contribution is -0.118. The Morgan fingerprint density at radius 3 is 2.91 bits per heavy atom. The van der Waals surface area contributed by atoms with Gasteiger partial charge in [-0.2, -0.15) is 0 Å². The average molecular weight is 327 g/mol. The molecule has 1 aliphatic carbocycles. The molecule has 0 bridgehead atoms. The zero-order valence-electron chi connectivity index (χ0n) is 13.1. The van der Waals surface area contributed by atoms with E-state index in [0.29, 0.717) is 17.5 Å². The fourth-order valence-corrected chi connectivity index (χ4v) is 3.91. The maximum atomic E-state index is 12.0. The van der Waals surface area contributed by atoms with Gasteiger partial charge in [-0.15, -0.1) is 11.8 Å². The van der Waals surface area contributed by atoms with Gasteiger partial charge in [0.1, 0.15) is 0 Å². The average Bonchev–Trinajstić information content (AvgIpc) is 3.13. The van der Waals surface area contributed by atoms with Gasteiger partial charge in [-0.05, 0) is 42.7 Å². The van der Waals surface area contributed by atoms with Gasteiger partial charge in [-0.1, -0.05) is 12.8 Å². The number of pyridine rings is 2. The molecule has 1 amide bonds. The van der Waals surface area contributed by atoms with Crippen molar-refractivity contribution in [3.63, 3.8) is 0 Å². The van der Waals surface area contributed by atoms with E-state index in [1.54, 1.807) is 30.4 Å². The van der Waals surface area contributed by atoms with Gasteiger partial charge < -0.3 is 5.32 Å². The Morgan fingerprint density at radius 1 is 1.26 bits per heavy atom. The summed E-state index contributed by atoms with van der Waals surface area (Å²) in [7, 11) is 0. The number of nitrogens with one attached hydrogen (secondary N) is 1. The lowest BCUT2D eigenvalue weighted by Gasteiger charge is -2.09. The topological polar surface area (TPSA) is 54.9 Å². The molecule has 0 aliphatic heterocycles. The summed E-state index contributed by atoms with van der Waals surface area (Å²) in [6.45, 7) is 0.542. The van der Waals surface area contributed by atoms with Crippen molar-refractivity contribution >= 4 is 17.7 Å². The summed E-state index contributed by atoms with van der Waals surface area (Å²) < 4.78 is 0. The zero-order chi connectivity index (χ0) is 15.9. The van der Waals surface area contributed by atoms with Crippen LogP contribution in [-0.4, -0.2) is 26.9 Å². The number of rotatable bonds is 6. The van der Waals surface area contributed by atoms with E-state index >= 15 is 0 Å². The van der Waals surface area contributed by atoms with Crippen LogP contribution < -0.4 is 5.32 Å². The van der Waals surface area contributed by atoms with Gasteiger partial charge in [0.25, 0.3) is 0 Å². The van der Waals surface area contributed by atoms with Gasteiger partial charge in [-0.25, -0.2) is 0 Å². The highest BCUT2D eigenvalue weighted by molar-refractivity contribution is 8.00. The molecule has 0 saturated heterocycles. The summed E-state index contributed by atoms with van der Waals surface area (Å²) >= 11 is 1.79. The molecule has 2 aromatic heterocycles. The molecule has 0 unspecified atom stereocenters. The van der Waals surface area contributed by atoms with Gasteiger partial charge in [0.05, 0.1) is 11.4 Å². The van der Waals surface area contributed by atoms with Gasteiger partial charge in [-0.3, -0.25) is 14.8 Å². The van der Waals surface area contributed by atoms with Crippen LogP contribution in [0.1, 0.15) is 31.2 Å². The fraction of sp³-hybridized carbons (Fsp3) is 0.389. The monoisotopic (exact) mass is 327 g/mol. The van der Waals surface area contributed by atoms with Crippen molar-refractivity contribution < 1.29 is 4.79 Å². The van der Waals surface area contributed by atoms with Crippen LogP contribution in [0.15, 0.2) is 42.9 Å². The normalized spacial score (nSPS) is 14.8. The highest BCUT2D eigenvalue weighted by Crippen LogP contribution is 2.29. The second-order valence-corrected chi connectivity index (χ2v) is 7.07. The van der Waals surface area contributed by atoms with E-state index in [-0.39, 0.29) is 5.91 Å². The zero-order valence-corrected chi connectivity index (χ0v) is 13.9. The van der Waals surface area contributed by atoms with Crippen molar-refractivity contribution in [3.8, 4) is 11.3 Å². The highest BCUT2D eigenvalue weighted by atomic mass is 32.2. The summed E-state index contributed by atoms with van der Waals surface area (Å²) in [5, 5.41) is 3.68. The Bertz CT molecular complexity index is 642. The number of thioether (sulfide) groups is 1. The molecule has 2 heterocycles.